The summed E-state index contributed by atoms with van der Waals surface area (Å²) >= 11 is 0. The van der Waals surface area contributed by atoms with Crippen LogP contribution in [-0.4, -0.2) is 6.54 Å². The summed E-state index contributed by atoms with van der Waals surface area (Å²) in [6, 6.07) is 12.9. The van der Waals surface area contributed by atoms with E-state index >= 15 is 0 Å². The van der Waals surface area contributed by atoms with Crippen LogP contribution in [0.5, 0.6) is 0 Å². The van der Waals surface area contributed by atoms with Crippen LogP contribution < -0.4 is 10.6 Å². The molecule has 0 aliphatic carbocycles. The van der Waals surface area contributed by atoms with Crippen LogP contribution in [0.1, 0.15) is 31.0 Å². The predicted octanol–water partition coefficient (Wildman–Crippen LogP) is 4.31. The van der Waals surface area contributed by atoms with Crippen LogP contribution in [0.15, 0.2) is 42.5 Å². The summed E-state index contributed by atoms with van der Waals surface area (Å²) in [6.45, 7) is 6.81. The Morgan fingerprint density at radius 2 is 1.80 bits per heavy atom. The van der Waals surface area contributed by atoms with Crippen molar-refractivity contribution in [3.63, 3.8) is 0 Å². The second-order valence-electron chi connectivity index (χ2n) is 5.07. The minimum atomic E-state index is -0.249. The van der Waals surface area contributed by atoms with E-state index in [-0.39, 0.29) is 11.9 Å². The van der Waals surface area contributed by atoms with E-state index in [1.165, 1.54) is 17.7 Å². The van der Waals surface area contributed by atoms with Crippen LogP contribution in [-0.2, 0) is 0 Å². The van der Waals surface area contributed by atoms with Gasteiger partial charge in [-0.25, -0.2) is 4.39 Å². The van der Waals surface area contributed by atoms with Gasteiger partial charge in [0.05, 0.1) is 0 Å². The van der Waals surface area contributed by atoms with Gasteiger partial charge in [0.1, 0.15) is 5.82 Å². The molecule has 2 aromatic carbocycles. The van der Waals surface area contributed by atoms with Gasteiger partial charge in [0.15, 0.2) is 0 Å². The van der Waals surface area contributed by atoms with Crippen LogP contribution in [0.3, 0.4) is 0 Å². The molecule has 2 aromatic rings. The number of hydrogen-bond donors (Lipinski definition) is 1. The Bertz CT molecular complexity index is 576. The molecule has 0 aliphatic heterocycles. The molecule has 1 atom stereocenters. The molecule has 0 bridgehead atoms. The highest BCUT2D eigenvalue weighted by molar-refractivity contribution is 5.67. The van der Waals surface area contributed by atoms with Crippen molar-refractivity contribution >= 4 is 11.4 Å². The number of benzene rings is 2. The molecule has 0 aliphatic rings. The molecule has 20 heavy (non-hydrogen) atoms. The van der Waals surface area contributed by atoms with Crippen molar-refractivity contribution in [3.05, 3.63) is 59.4 Å². The van der Waals surface area contributed by atoms with Crippen molar-refractivity contribution in [2.75, 3.05) is 11.4 Å². The highest BCUT2D eigenvalue weighted by Gasteiger charge is 2.15. The Morgan fingerprint density at radius 1 is 1.15 bits per heavy atom. The Morgan fingerprint density at radius 3 is 2.35 bits per heavy atom. The fraction of sp³-hybridized carbons (Fsp3) is 0.294. The first kappa shape index (κ1) is 14.5. The van der Waals surface area contributed by atoms with Gasteiger partial charge >= 0.3 is 0 Å². The molecule has 0 heterocycles. The Labute approximate surface area is 120 Å². The summed E-state index contributed by atoms with van der Waals surface area (Å²) < 4.78 is 13.5. The van der Waals surface area contributed by atoms with Gasteiger partial charge in [-0.2, -0.15) is 0 Å². The van der Waals surface area contributed by atoms with Crippen LogP contribution in [0.4, 0.5) is 15.8 Å². The molecule has 0 saturated carbocycles. The SMILES string of the molecule is CCN(c1ccc(C)cc1)c1ccc(F)cc1[C@@H](C)N. The highest BCUT2D eigenvalue weighted by Crippen LogP contribution is 2.31. The van der Waals surface area contributed by atoms with Gasteiger partial charge in [-0.1, -0.05) is 17.7 Å². The Hall–Kier alpha value is -1.87. The minimum absolute atomic E-state index is 0.208. The van der Waals surface area contributed by atoms with Crippen molar-refractivity contribution in [2.24, 2.45) is 5.73 Å². The third-order valence-electron chi connectivity index (χ3n) is 3.43. The molecule has 106 valence electrons. The second kappa shape index (κ2) is 6.06. The summed E-state index contributed by atoms with van der Waals surface area (Å²) in [4.78, 5) is 2.15. The number of halogens is 1. The second-order valence-corrected chi connectivity index (χ2v) is 5.07. The first-order valence-electron chi connectivity index (χ1n) is 6.92. The number of nitrogens with zero attached hydrogens (tertiary/aromatic N) is 1. The topological polar surface area (TPSA) is 29.3 Å². The van der Waals surface area contributed by atoms with Crippen molar-refractivity contribution < 1.29 is 4.39 Å². The van der Waals surface area contributed by atoms with Crippen molar-refractivity contribution in [1.29, 1.82) is 0 Å². The maximum Gasteiger partial charge on any atom is 0.123 e. The average molecular weight is 272 g/mol. The molecule has 0 unspecified atom stereocenters. The van der Waals surface area contributed by atoms with Crippen molar-refractivity contribution in [2.45, 2.75) is 26.8 Å². The van der Waals surface area contributed by atoms with Crippen molar-refractivity contribution in [3.8, 4) is 0 Å². The first-order valence-corrected chi connectivity index (χ1v) is 6.92. The molecular weight excluding hydrogens is 251 g/mol. The molecule has 3 heteroatoms. The van der Waals surface area contributed by atoms with E-state index in [1.807, 2.05) is 6.92 Å². The smallest absolute Gasteiger partial charge is 0.123 e. The lowest BCUT2D eigenvalue weighted by atomic mass is 10.0. The van der Waals surface area contributed by atoms with Crippen LogP contribution in [0.2, 0.25) is 0 Å². The van der Waals surface area contributed by atoms with Crippen LogP contribution in [0, 0.1) is 12.7 Å². The lowest BCUT2D eigenvalue weighted by Gasteiger charge is -2.27. The predicted molar refractivity (Wildman–Crippen MR) is 82.9 cm³/mol. The lowest BCUT2D eigenvalue weighted by Crippen LogP contribution is -2.20. The van der Waals surface area contributed by atoms with E-state index in [4.69, 9.17) is 5.73 Å². The lowest BCUT2D eigenvalue weighted by molar-refractivity contribution is 0.622. The normalized spacial score (nSPS) is 12.2. The largest absolute Gasteiger partial charge is 0.341 e. The number of anilines is 2. The molecule has 0 aromatic heterocycles. The highest BCUT2D eigenvalue weighted by atomic mass is 19.1. The third-order valence-corrected chi connectivity index (χ3v) is 3.43. The molecule has 0 radical (unpaired) electrons. The van der Waals surface area contributed by atoms with E-state index in [9.17, 15) is 4.39 Å². The molecule has 0 saturated heterocycles. The van der Waals surface area contributed by atoms with Gasteiger partial charge in [0, 0.05) is 24.0 Å². The minimum Gasteiger partial charge on any atom is -0.341 e. The summed E-state index contributed by atoms with van der Waals surface area (Å²) in [5, 5.41) is 0. The number of aryl methyl sites for hydroxylation is 1. The van der Waals surface area contributed by atoms with Crippen LogP contribution >= 0.6 is 0 Å². The van der Waals surface area contributed by atoms with E-state index in [0.717, 1.165) is 23.5 Å². The maximum atomic E-state index is 13.5. The summed E-state index contributed by atoms with van der Waals surface area (Å²) in [5.74, 6) is -0.249. The fourth-order valence-corrected chi connectivity index (χ4v) is 2.35. The van der Waals surface area contributed by atoms with Gasteiger partial charge in [-0.15, -0.1) is 0 Å². The molecule has 2 rings (SSSR count). The number of hydrogen-bond acceptors (Lipinski definition) is 2. The molecular formula is C17H21FN2. The zero-order valence-corrected chi connectivity index (χ0v) is 12.2. The van der Waals surface area contributed by atoms with E-state index in [2.05, 4.69) is 43.0 Å². The summed E-state index contributed by atoms with van der Waals surface area (Å²) in [5.41, 5.74) is 10.1. The Kier molecular flexibility index (Phi) is 4.40. The molecule has 2 N–H and O–H groups in total. The van der Waals surface area contributed by atoms with E-state index < -0.39 is 0 Å². The maximum absolute atomic E-state index is 13.5. The van der Waals surface area contributed by atoms with E-state index in [1.54, 1.807) is 6.07 Å². The number of nitrogens with two attached hydrogens (primary N) is 1. The zero-order chi connectivity index (χ0) is 14.7. The van der Waals surface area contributed by atoms with E-state index in [0.29, 0.717) is 0 Å². The quantitative estimate of drug-likeness (QED) is 0.898. The molecule has 0 fully saturated rings. The molecule has 0 amide bonds. The summed E-state index contributed by atoms with van der Waals surface area (Å²) in [6.07, 6.45) is 0. The molecule has 0 spiro atoms. The fourth-order valence-electron chi connectivity index (χ4n) is 2.35. The Balaban J connectivity index is 2.49. The zero-order valence-electron chi connectivity index (χ0n) is 12.2. The van der Waals surface area contributed by atoms with Gasteiger partial charge in [-0.05, 0) is 56.7 Å². The molecule has 2 nitrogen and oxygen atoms in total. The first-order chi connectivity index (χ1) is 9.52. The third kappa shape index (κ3) is 2.99. The van der Waals surface area contributed by atoms with Gasteiger partial charge < -0.3 is 10.6 Å². The van der Waals surface area contributed by atoms with Gasteiger partial charge in [0.25, 0.3) is 0 Å². The average Bonchev–Trinajstić information content (AvgIpc) is 2.43. The van der Waals surface area contributed by atoms with Crippen LogP contribution in [0.25, 0.3) is 0 Å². The summed E-state index contributed by atoms with van der Waals surface area (Å²) in [7, 11) is 0. The monoisotopic (exact) mass is 272 g/mol. The van der Waals surface area contributed by atoms with Crippen molar-refractivity contribution in [1.82, 2.24) is 0 Å². The standard InChI is InChI=1S/C17H21FN2/c1-4-20(15-8-5-12(2)6-9-15)17-10-7-14(18)11-16(17)13(3)19/h5-11,13H,4,19H2,1-3H3/t13-/m1/s1. The number of rotatable bonds is 4. The van der Waals surface area contributed by atoms with Gasteiger partial charge in [0.2, 0.25) is 0 Å². The van der Waals surface area contributed by atoms with Gasteiger partial charge in [-0.3, -0.25) is 0 Å².